The maximum atomic E-state index is 13.9. The van der Waals surface area contributed by atoms with Gasteiger partial charge in [0.05, 0.1) is 12.5 Å². The van der Waals surface area contributed by atoms with Crippen molar-refractivity contribution in [1.29, 1.82) is 0 Å². The largest absolute Gasteiger partial charge is 0.465 e. The van der Waals surface area contributed by atoms with Crippen molar-refractivity contribution >= 4 is 29.4 Å². The van der Waals surface area contributed by atoms with Crippen LogP contribution >= 0.6 is 0 Å². The third-order valence-electron chi connectivity index (χ3n) is 10.9. The standard InChI is InChI=1S/C37H56N2O7/c1-5-9-28-22-25(2)17-21-45-35(43)29-16-18-37(4,23-29)33(41)34(42)39-20-7-6-11-30(39)36(44)46-32(26(3)12-14-31(28)40)15-13-27-10-8-19-38-24-27/h5,22,26-30,32,38H,1,6-21,23-24H2,2-4H3/b25-22+/t26?,27?,28?,29?,30-,32?,37-/m0/s1. The van der Waals surface area contributed by atoms with E-state index < -0.39 is 41.1 Å². The van der Waals surface area contributed by atoms with Gasteiger partial charge in [0.2, 0.25) is 5.78 Å². The highest BCUT2D eigenvalue weighted by atomic mass is 16.5. The first-order valence-corrected chi connectivity index (χ1v) is 17.8. The highest BCUT2D eigenvalue weighted by Crippen LogP contribution is 2.43. The minimum absolute atomic E-state index is 0.0591. The van der Waals surface area contributed by atoms with Crippen LogP contribution in [0.3, 0.4) is 0 Å². The average Bonchev–Trinajstić information content (AvgIpc) is 3.47. The molecule has 1 aliphatic carbocycles. The molecule has 0 aromatic rings. The van der Waals surface area contributed by atoms with Crippen molar-refractivity contribution in [3.63, 3.8) is 0 Å². The van der Waals surface area contributed by atoms with Crippen LogP contribution in [0.1, 0.15) is 111 Å². The van der Waals surface area contributed by atoms with Crippen LogP contribution in [0.2, 0.25) is 0 Å². The van der Waals surface area contributed by atoms with E-state index >= 15 is 0 Å². The Hall–Kier alpha value is -2.81. The van der Waals surface area contributed by atoms with Gasteiger partial charge in [0, 0.05) is 30.7 Å². The maximum absolute atomic E-state index is 13.9. The molecular weight excluding hydrogens is 584 g/mol. The number of hydrogen-bond donors (Lipinski definition) is 1. The van der Waals surface area contributed by atoms with Crippen LogP contribution in [-0.4, -0.2) is 72.7 Å². The number of fused-ring (bicyclic) bond motifs is 3. The normalized spacial score (nSPS) is 35.7. The molecular formula is C37H56N2O7. The first kappa shape index (κ1) is 36.0. The predicted octanol–water partition coefficient (Wildman–Crippen LogP) is 5.51. The van der Waals surface area contributed by atoms with Gasteiger partial charge in [-0.2, -0.15) is 0 Å². The number of cyclic esters (lactones) is 2. The van der Waals surface area contributed by atoms with E-state index in [0.717, 1.165) is 44.3 Å². The first-order chi connectivity index (χ1) is 22.0. The van der Waals surface area contributed by atoms with E-state index in [1.807, 2.05) is 19.9 Å². The van der Waals surface area contributed by atoms with Crippen molar-refractivity contribution in [1.82, 2.24) is 10.2 Å². The van der Waals surface area contributed by atoms with E-state index in [1.165, 1.54) is 4.90 Å². The number of amides is 1. The Balaban J connectivity index is 1.59. The van der Waals surface area contributed by atoms with Crippen LogP contribution in [0.25, 0.3) is 0 Å². The zero-order chi connectivity index (χ0) is 33.3. The second kappa shape index (κ2) is 16.8. The van der Waals surface area contributed by atoms with Crippen LogP contribution in [0.15, 0.2) is 24.3 Å². The number of carbonyl (C=O) groups excluding carboxylic acids is 5. The summed E-state index contributed by atoms with van der Waals surface area (Å²) in [5.41, 5.74) is -0.0153. The summed E-state index contributed by atoms with van der Waals surface area (Å²) in [6.45, 7) is 12.1. The average molecular weight is 641 g/mol. The molecule has 9 heteroatoms. The quantitative estimate of drug-likeness (QED) is 0.238. The fourth-order valence-electron chi connectivity index (χ4n) is 7.78. The topological polar surface area (TPSA) is 119 Å². The van der Waals surface area contributed by atoms with E-state index in [4.69, 9.17) is 9.47 Å². The lowest BCUT2D eigenvalue weighted by molar-refractivity contribution is -0.166. The summed E-state index contributed by atoms with van der Waals surface area (Å²) < 4.78 is 11.9. The molecule has 2 saturated heterocycles. The number of rotatable bonds is 5. The molecule has 1 saturated carbocycles. The Kier molecular flexibility index (Phi) is 13.2. The van der Waals surface area contributed by atoms with E-state index in [2.05, 4.69) is 11.9 Å². The summed E-state index contributed by atoms with van der Waals surface area (Å²) in [6, 6.07) is -0.817. The zero-order valence-electron chi connectivity index (χ0n) is 28.4. The summed E-state index contributed by atoms with van der Waals surface area (Å²) >= 11 is 0. The van der Waals surface area contributed by atoms with Crippen LogP contribution in [-0.2, 0) is 33.4 Å². The number of nitrogens with zero attached hydrogens (tertiary/aromatic N) is 1. The number of carbonyl (C=O) groups is 5. The van der Waals surface area contributed by atoms with Crippen molar-refractivity contribution < 1.29 is 33.4 Å². The van der Waals surface area contributed by atoms with Crippen LogP contribution in [0, 0.1) is 29.1 Å². The van der Waals surface area contributed by atoms with Crippen molar-refractivity contribution in [2.75, 3.05) is 26.2 Å². The van der Waals surface area contributed by atoms with Gasteiger partial charge in [0.25, 0.3) is 5.91 Å². The molecule has 0 spiro atoms. The molecule has 0 aromatic carbocycles. The summed E-state index contributed by atoms with van der Waals surface area (Å²) in [4.78, 5) is 69.1. The third kappa shape index (κ3) is 9.39. The predicted molar refractivity (Wildman–Crippen MR) is 176 cm³/mol. The van der Waals surface area contributed by atoms with Gasteiger partial charge in [0.15, 0.2) is 0 Å². The minimum atomic E-state index is -0.982. The van der Waals surface area contributed by atoms with Crippen LogP contribution in [0.4, 0.5) is 0 Å². The highest BCUT2D eigenvalue weighted by molar-refractivity contribution is 6.38. The summed E-state index contributed by atoms with van der Waals surface area (Å²) in [5, 5.41) is 3.46. The molecule has 1 amide bonds. The Morgan fingerprint density at radius 2 is 1.83 bits per heavy atom. The number of hydrogen-bond acceptors (Lipinski definition) is 8. The SMILES string of the molecule is C=CCC1/C=C(\C)CCOC(=O)C2CC[C@@](C)(C2)C(=O)C(=O)N2CCCC[C@H]2C(=O)OC(CCC2CCCNC2)C(C)CCC1=O. The number of piperidine rings is 2. The number of allylic oxidation sites excluding steroid dienone is 2. The molecule has 5 unspecified atom stereocenters. The second-order valence-corrected chi connectivity index (χ2v) is 14.6. The van der Waals surface area contributed by atoms with Crippen molar-refractivity contribution in [2.45, 2.75) is 123 Å². The third-order valence-corrected chi connectivity index (χ3v) is 10.9. The molecule has 4 rings (SSSR count). The lowest BCUT2D eigenvalue weighted by Crippen LogP contribution is -2.53. The molecule has 4 aliphatic rings. The van der Waals surface area contributed by atoms with Crippen molar-refractivity contribution in [2.24, 2.45) is 29.1 Å². The fourth-order valence-corrected chi connectivity index (χ4v) is 7.78. The number of Topliss-reactive ketones (excluding diaryl/α,β-unsaturated/α-hetero) is 2. The molecule has 0 radical (unpaired) electrons. The molecule has 2 bridgehead atoms. The summed E-state index contributed by atoms with van der Waals surface area (Å²) in [7, 11) is 0. The fraction of sp³-hybridized carbons (Fsp3) is 0.757. The van der Waals surface area contributed by atoms with Crippen molar-refractivity contribution in [3.8, 4) is 0 Å². The van der Waals surface area contributed by atoms with Gasteiger partial charge in [-0.1, -0.05) is 31.6 Å². The van der Waals surface area contributed by atoms with Crippen LogP contribution in [0.5, 0.6) is 0 Å². The highest BCUT2D eigenvalue weighted by Gasteiger charge is 2.49. The van der Waals surface area contributed by atoms with Crippen LogP contribution < -0.4 is 5.32 Å². The lowest BCUT2D eigenvalue weighted by Gasteiger charge is -2.37. The number of nitrogens with one attached hydrogen (secondary N) is 1. The van der Waals surface area contributed by atoms with E-state index in [-0.39, 0.29) is 36.6 Å². The van der Waals surface area contributed by atoms with Gasteiger partial charge >= 0.3 is 11.9 Å². The molecule has 3 fully saturated rings. The van der Waals surface area contributed by atoms with Crippen molar-refractivity contribution in [3.05, 3.63) is 24.3 Å². The maximum Gasteiger partial charge on any atom is 0.329 e. The van der Waals surface area contributed by atoms with E-state index in [1.54, 1.807) is 13.0 Å². The molecule has 3 aliphatic heterocycles. The van der Waals surface area contributed by atoms with Gasteiger partial charge in [0.1, 0.15) is 17.9 Å². The molecule has 7 atom stereocenters. The Bertz CT molecular complexity index is 1160. The molecule has 0 aromatic heterocycles. The minimum Gasteiger partial charge on any atom is -0.465 e. The van der Waals surface area contributed by atoms with E-state index in [0.29, 0.717) is 70.3 Å². The molecule has 1 N–H and O–H groups in total. The number of esters is 2. The Morgan fingerprint density at radius 3 is 2.57 bits per heavy atom. The smallest absolute Gasteiger partial charge is 0.329 e. The monoisotopic (exact) mass is 640 g/mol. The molecule has 256 valence electrons. The molecule has 9 nitrogen and oxygen atoms in total. The Morgan fingerprint density at radius 1 is 1.02 bits per heavy atom. The summed E-state index contributed by atoms with van der Waals surface area (Å²) in [6.07, 6.45) is 12.2. The summed E-state index contributed by atoms with van der Waals surface area (Å²) in [5.74, 6) is -2.21. The van der Waals surface area contributed by atoms with Gasteiger partial charge in [-0.25, -0.2) is 4.79 Å². The number of ether oxygens (including phenoxy) is 2. The van der Waals surface area contributed by atoms with Gasteiger partial charge < -0.3 is 19.7 Å². The van der Waals surface area contributed by atoms with Gasteiger partial charge in [-0.15, -0.1) is 6.58 Å². The van der Waals surface area contributed by atoms with E-state index in [9.17, 15) is 24.0 Å². The Labute approximate surface area is 275 Å². The van der Waals surface area contributed by atoms with Gasteiger partial charge in [-0.3, -0.25) is 19.2 Å². The molecule has 46 heavy (non-hydrogen) atoms. The number of ketones is 2. The van der Waals surface area contributed by atoms with Gasteiger partial charge in [-0.05, 0) is 109 Å². The zero-order valence-corrected chi connectivity index (χ0v) is 28.4. The lowest BCUT2D eigenvalue weighted by atomic mass is 9.82. The first-order valence-electron chi connectivity index (χ1n) is 17.8. The molecule has 3 heterocycles. The second-order valence-electron chi connectivity index (χ2n) is 14.6.